The number of hydrogen-bond donors (Lipinski definition) is 2. The lowest BCUT2D eigenvalue weighted by atomic mass is 9.79. The van der Waals surface area contributed by atoms with Gasteiger partial charge in [-0.2, -0.15) is 0 Å². The van der Waals surface area contributed by atoms with Crippen LogP contribution in [0.1, 0.15) is 105 Å². The van der Waals surface area contributed by atoms with Crippen molar-refractivity contribution in [3.05, 3.63) is 46.5 Å². The van der Waals surface area contributed by atoms with Crippen molar-refractivity contribution in [2.24, 2.45) is 0 Å². The first-order valence-corrected chi connectivity index (χ1v) is 12.8. The lowest BCUT2D eigenvalue weighted by Crippen LogP contribution is -2.26. The first-order chi connectivity index (χ1) is 16.2. The molecule has 0 saturated heterocycles. The van der Waals surface area contributed by atoms with E-state index in [1.54, 1.807) is 0 Å². The zero-order valence-corrected chi connectivity index (χ0v) is 25.0. The smallest absolute Gasteiger partial charge is 0.394 e. The molecule has 2 aromatic carbocycles. The minimum absolute atomic E-state index is 0.246. The number of nitrogens with one attached hydrogen (secondary N) is 2. The van der Waals surface area contributed by atoms with Crippen LogP contribution in [0.5, 0.6) is 11.5 Å². The third-order valence-corrected chi connectivity index (χ3v) is 6.36. The van der Waals surface area contributed by atoms with Crippen molar-refractivity contribution in [3.8, 4) is 11.5 Å². The van der Waals surface area contributed by atoms with Gasteiger partial charge in [0, 0.05) is 47.7 Å². The summed E-state index contributed by atoms with van der Waals surface area (Å²) in [6.45, 7) is 25.5. The van der Waals surface area contributed by atoms with Crippen molar-refractivity contribution < 1.29 is 14.3 Å². The monoisotopic (exact) mass is 496 g/mol. The summed E-state index contributed by atoms with van der Waals surface area (Å²) in [5, 5.41) is 6.51. The molecule has 0 aliphatic rings. The summed E-state index contributed by atoms with van der Waals surface area (Å²) in [5.41, 5.74) is 4.80. The fourth-order valence-electron chi connectivity index (χ4n) is 4.18. The molecule has 0 amide bonds. The number of ether oxygens (including phenoxy) is 2. The molecule has 0 saturated carbocycles. The molecule has 36 heavy (non-hydrogen) atoms. The van der Waals surface area contributed by atoms with Gasteiger partial charge in [0.15, 0.2) is 0 Å². The van der Waals surface area contributed by atoms with Crippen LogP contribution >= 0.6 is 0 Å². The molecule has 0 fully saturated rings. The predicted molar refractivity (Wildman–Crippen MR) is 153 cm³/mol. The summed E-state index contributed by atoms with van der Waals surface area (Å²) in [4.78, 5) is 13.5. The van der Waals surface area contributed by atoms with Gasteiger partial charge in [0.05, 0.1) is 0 Å². The maximum absolute atomic E-state index is 13.5. The molecule has 0 heterocycles. The van der Waals surface area contributed by atoms with Crippen molar-refractivity contribution in [1.29, 1.82) is 0 Å². The molecule has 0 aliphatic heterocycles. The van der Waals surface area contributed by atoms with Gasteiger partial charge in [-0.05, 0) is 45.9 Å². The molecule has 0 aromatic heterocycles. The van der Waals surface area contributed by atoms with Gasteiger partial charge in [0.25, 0.3) is 0 Å². The van der Waals surface area contributed by atoms with Crippen molar-refractivity contribution >= 4 is 17.5 Å². The van der Waals surface area contributed by atoms with E-state index in [1.165, 1.54) is 0 Å². The number of anilines is 2. The SMILES string of the molecule is CNc1cc(C(C)(C)C)c(OC(=O)Oc2c(C(C)(C)C)cc(NC)cc2C(C)(C)C)c(C(C)(C)C)c1. The Hall–Kier alpha value is -2.69. The first kappa shape index (κ1) is 29.5. The summed E-state index contributed by atoms with van der Waals surface area (Å²) in [6.07, 6.45) is -0.726. The zero-order valence-electron chi connectivity index (χ0n) is 25.0. The standard InChI is InChI=1S/C31H48N2O3/c1-28(2,3)21-15-19(32-13)16-22(29(4,5)6)25(21)35-27(34)36-26-23(30(7,8)9)17-20(33-14)18-24(26)31(10,11)12/h15-18,32-33H,1-14H3. The van der Waals surface area contributed by atoms with Crippen LogP contribution in [0.15, 0.2) is 24.3 Å². The van der Waals surface area contributed by atoms with Crippen LogP contribution < -0.4 is 20.1 Å². The summed E-state index contributed by atoms with van der Waals surface area (Å²) >= 11 is 0. The number of benzene rings is 2. The summed E-state index contributed by atoms with van der Waals surface area (Å²) in [7, 11) is 3.81. The molecule has 5 heteroatoms. The Kier molecular flexibility index (Phi) is 8.20. The number of hydrogen-bond acceptors (Lipinski definition) is 5. The van der Waals surface area contributed by atoms with Gasteiger partial charge < -0.3 is 20.1 Å². The highest BCUT2D eigenvalue weighted by Gasteiger charge is 2.32. The molecule has 2 rings (SSSR count). The summed E-state index contributed by atoms with van der Waals surface area (Å²) in [5.74, 6) is 1.14. The Balaban J connectivity index is 2.71. The Morgan fingerprint density at radius 2 is 0.750 bits per heavy atom. The van der Waals surface area contributed by atoms with Gasteiger partial charge in [-0.15, -0.1) is 0 Å². The van der Waals surface area contributed by atoms with E-state index in [1.807, 2.05) is 14.1 Å². The topological polar surface area (TPSA) is 59.6 Å². The Morgan fingerprint density at radius 1 is 0.528 bits per heavy atom. The molecule has 0 atom stereocenters. The lowest BCUT2D eigenvalue weighted by Gasteiger charge is -2.31. The Bertz CT molecular complexity index is 947. The molecule has 5 nitrogen and oxygen atoms in total. The van der Waals surface area contributed by atoms with E-state index in [-0.39, 0.29) is 21.7 Å². The molecule has 0 radical (unpaired) electrons. The predicted octanol–water partition coefficient (Wildman–Crippen LogP) is 8.54. The van der Waals surface area contributed by atoms with Gasteiger partial charge in [0.2, 0.25) is 0 Å². The number of rotatable bonds is 4. The van der Waals surface area contributed by atoms with Crippen LogP contribution in [0, 0.1) is 0 Å². The largest absolute Gasteiger partial charge is 0.519 e. The van der Waals surface area contributed by atoms with Crippen LogP contribution in [0.3, 0.4) is 0 Å². The maximum atomic E-state index is 13.5. The molecule has 0 spiro atoms. The molecule has 0 aliphatic carbocycles. The van der Waals surface area contributed by atoms with E-state index in [2.05, 4.69) is 118 Å². The van der Waals surface area contributed by atoms with Crippen LogP contribution in [0.25, 0.3) is 0 Å². The van der Waals surface area contributed by atoms with E-state index in [0.717, 1.165) is 33.6 Å². The number of carbonyl (C=O) groups excluding carboxylic acids is 1. The molecule has 0 unspecified atom stereocenters. The maximum Gasteiger partial charge on any atom is 0.519 e. The lowest BCUT2D eigenvalue weighted by molar-refractivity contribution is 0.148. The fraction of sp³-hybridized carbons (Fsp3) is 0.581. The minimum atomic E-state index is -0.726. The summed E-state index contributed by atoms with van der Waals surface area (Å²) in [6, 6.07) is 8.23. The van der Waals surface area contributed by atoms with Crippen molar-refractivity contribution in [2.75, 3.05) is 24.7 Å². The molecular weight excluding hydrogens is 448 g/mol. The molecule has 2 N–H and O–H groups in total. The fourth-order valence-corrected chi connectivity index (χ4v) is 4.18. The first-order valence-electron chi connectivity index (χ1n) is 12.8. The average molecular weight is 497 g/mol. The summed E-state index contributed by atoms with van der Waals surface area (Å²) < 4.78 is 12.2. The third-order valence-electron chi connectivity index (χ3n) is 6.36. The van der Waals surface area contributed by atoms with E-state index in [0.29, 0.717) is 11.5 Å². The van der Waals surface area contributed by atoms with E-state index in [4.69, 9.17) is 9.47 Å². The van der Waals surface area contributed by atoms with Gasteiger partial charge >= 0.3 is 6.16 Å². The van der Waals surface area contributed by atoms with Gasteiger partial charge in [-0.25, -0.2) is 4.79 Å². The van der Waals surface area contributed by atoms with Crippen molar-refractivity contribution in [1.82, 2.24) is 0 Å². The Labute approximate surface area is 219 Å². The van der Waals surface area contributed by atoms with Gasteiger partial charge in [-0.3, -0.25) is 0 Å². The van der Waals surface area contributed by atoms with E-state index >= 15 is 0 Å². The van der Waals surface area contributed by atoms with E-state index in [9.17, 15) is 4.79 Å². The van der Waals surface area contributed by atoms with Crippen LogP contribution in [-0.2, 0) is 21.7 Å². The van der Waals surface area contributed by atoms with Crippen LogP contribution in [0.2, 0.25) is 0 Å². The molecule has 2 aromatic rings. The molecular formula is C31H48N2O3. The second-order valence-electron chi connectivity index (χ2n) is 13.8. The highest BCUT2D eigenvalue weighted by Crippen LogP contribution is 2.44. The third kappa shape index (κ3) is 6.74. The van der Waals surface area contributed by atoms with Crippen LogP contribution in [-0.4, -0.2) is 20.3 Å². The Morgan fingerprint density at radius 3 is 0.917 bits per heavy atom. The quantitative estimate of drug-likeness (QED) is 0.328. The highest BCUT2D eigenvalue weighted by atomic mass is 16.7. The van der Waals surface area contributed by atoms with Gasteiger partial charge in [0.1, 0.15) is 11.5 Å². The van der Waals surface area contributed by atoms with Gasteiger partial charge in [-0.1, -0.05) is 83.1 Å². The second-order valence-corrected chi connectivity index (χ2v) is 13.8. The molecule has 200 valence electrons. The number of carbonyl (C=O) groups is 1. The highest BCUT2D eigenvalue weighted by molar-refractivity contribution is 5.73. The average Bonchev–Trinajstić information content (AvgIpc) is 2.70. The van der Waals surface area contributed by atoms with Crippen molar-refractivity contribution in [3.63, 3.8) is 0 Å². The second kappa shape index (κ2) is 9.99. The zero-order chi connectivity index (χ0) is 27.9. The normalized spacial score (nSPS) is 12.8. The molecule has 0 bridgehead atoms. The van der Waals surface area contributed by atoms with Crippen molar-refractivity contribution in [2.45, 2.75) is 105 Å². The minimum Gasteiger partial charge on any atom is -0.394 e. The van der Waals surface area contributed by atoms with Crippen LogP contribution in [0.4, 0.5) is 16.2 Å². The van der Waals surface area contributed by atoms with E-state index < -0.39 is 6.16 Å².